The van der Waals surface area contributed by atoms with Gasteiger partial charge in [-0.25, -0.2) is 0 Å². The summed E-state index contributed by atoms with van der Waals surface area (Å²) in [7, 11) is 1.73. The Hall–Kier alpha value is -1.32. The van der Waals surface area contributed by atoms with Crippen LogP contribution in [0, 0.1) is 0 Å². The molecule has 0 saturated carbocycles. The lowest BCUT2D eigenvalue weighted by Gasteiger charge is -2.22. The topological polar surface area (TPSA) is 21.3 Å². The Kier molecular flexibility index (Phi) is 5.62. The van der Waals surface area contributed by atoms with Crippen molar-refractivity contribution < 1.29 is 4.74 Å². The van der Waals surface area contributed by atoms with Crippen LogP contribution in [0.5, 0.6) is 5.75 Å². The van der Waals surface area contributed by atoms with E-state index in [9.17, 15) is 0 Å². The van der Waals surface area contributed by atoms with Crippen LogP contribution in [0.3, 0.4) is 0 Å². The highest BCUT2D eigenvalue weighted by atomic mass is 32.1. The van der Waals surface area contributed by atoms with Crippen LogP contribution in [0.25, 0.3) is 0 Å². The highest BCUT2D eigenvalue weighted by molar-refractivity contribution is 7.10. The molecule has 1 N–H and O–H groups in total. The first-order valence-corrected chi connectivity index (χ1v) is 8.04. The first-order valence-electron chi connectivity index (χ1n) is 7.16. The molecule has 0 radical (unpaired) electrons. The SMILES string of the molecule is CCC(NC(C)Cc1ccccc1OC)c1cccs1. The largest absolute Gasteiger partial charge is 0.496 e. The minimum Gasteiger partial charge on any atom is -0.496 e. The van der Waals surface area contributed by atoms with Gasteiger partial charge in [-0.05, 0) is 42.8 Å². The van der Waals surface area contributed by atoms with Crippen LogP contribution in [0.2, 0.25) is 0 Å². The van der Waals surface area contributed by atoms with Crippen LogP contribution in [0.1, 0.15) is 36.8 Å². The standard InChI is InChI=1S/C17H23NOS/c1-4-15(17-10-7-11-20-17)18-13(2)12-14-8-5-6-9-16(14)19-3/h5-11,13,15,18H,4,12H2,1-3H3. The molecule has 0 aliphatic heterocycles. The van der Waals surface area contributed by atoms with Crippen molar-refractivity contribution in [2.45, 2.75) is 38.8 Å². The maximum atomic E-state index is 5.42. The molecule has 1 aromatic carbocycles. The molecule has 2 rings (SSSR count). The Morgan fingerprint density at radius 1 is 1.20 bits per heavy atom. The number of hydrogen-bond acceptors (Lipinski definition) is 3. The van der Waals surface area contributed by atoms with Crippen molar-refractivity contribution in [1.29, 1.82) is 0 Å². The van der Waals surface area contributed by atoms with Crippen LogP contribution in [-0.4, -0.2) is 13.2 Å². The van der Waals surface area contributed by atoms with Crippen LogP contribution < -0.4 is 10.1 Å². The molecule has 0 saturated heterocycles. The predicted molar refractivity (Wildman–Crippen MR) is 86.6 cm³/mol. The summed E-state index contributed by atoms with van der Waals surface area (Å²) in [5.74, 6) is 0.977. The maximum Gasteiger partial charge on any atom is 0.122 e. The number of para-hydroxylation sites is 1. The third kappa shape index (κ3) is 3.84. The first-order chi connectivity index (χ1) is 9.74. The van der Waals surface area contributed by atoms with Gasteiger partial charge in [-0.2, -0.15) is 0 Å². The molecule has 0 aliphatic carbocycles. The number of ether oxygens (including phenoxy) is 1. The summed E-state index contributed by atoms with van der Waals surface area (Å²) in [5.41, 5.74) is 1.26. The zero-order valence-corrected chi connectivity index (χ0v) is 13.2. The van der Waals surface area contributed by atoms with E-state index in [0.29, 0.717) is 12.1 Å². The molecule has 3 heteroatoms. The lowest BCUT2D eigenvalue weighted by Crippen LogP contribution is -2.31. The molecule has 0 amide bonds. The Morgan fingerprint density at radius 3 is 2.65 bits per heavy atom. The van der Waals surface area contributed by atoms with Gasteiger partial charge in [-0.1, -0.05) is 31.2 Å². The van der Waals surface area contributed by atoms with Crippen LogP contribution >= 0.6 is 11.3 Å². The van der Waals surface area contributed by atoms with Gasteiger partial charge in [0.15, 0.2) is 0 Å². The second-order valence-corrected chi connectivity index (χ2v) is 6.04. The van der Waals surface area contributed by atoms with Crippen molar-refractivity contribution in [2.75, 3.05) is 7.11 Å². The monoisotopic (exact) mass is 289 g/mol. The van der Waals surface area contributed by atoms with Gasteiger partial charge in [0.25, 0.3) is 0 Å². The highest BCUT2D eigenvalue weighted by Crippen LogP contribution is 2.24. The van der Waals surface area contributed by atoms with Crippen molar-refractivity contribution in [3.05, 3.63) is 52.2 Å². The molecule has 0 aliphatic rings. The molecule has 1 aromatic heterocycles. The van der Waals surface area contributed by atoms with Crippen LogP contribution in [0.15, 0.2) is 41.8 Å². The van der Waals surface area contributed by atoms with E-state index in [4.69, 9.17) is 4.74 Å². The number of rotatable bonds is 7. The third-order valence-electron chi connectivity index (χ3n) is 3.50. The summed E-state index contributed by atoms with van der Waals surface area (Å²) in [6, 6.07) is 13.4. The molecule has 108 valence electrons. The van der Waals surface area contributed by atoms with E-state index in [1.165, 1.54) is 10.4 Å². The Morgan fingerprint density at radius 2 is 2.00 bits per heavy atom. The van der Waals surface area contributed by atoms with Gasteiger partial charge >= 0.3 is 0 Å². The molecule has 2 aromatic rings. The number of thiophene rings is 1. The molecule has 0 spiro atoms. The van der Waals surface area contributed by atoms with E-state index in [1.54, 1.807) is 7.11 Å². The molecule has 2 atom stereocenters. The zero-order chi connectivity index (χ0) is 14.4. The normalized spacial score (nSPS) is 13.9. The summed E-state index contributed by atoms with van der Waals surface area (Å²) in [6.45, 7) is 4.47. The van der Waals surface area contributed by atoms with Crippen LogP contribution in [0.4, 0.5) is 0 Å². The molecule has 20 heavy (non-hydrogen) atoms. The zero-order valence-electron chi connectivity index (χ0n) is 12.4. The summed E-state index contributed by atoms with van der Waals surface area (Å²) in [5, 5.41) is 5.87. The second kappa shape index (κ2) is 7.46. The predicted octanol–water partition coefficient (Wildman–Crippen LogP) is 4.43. The second-order valence-electron chi connectivity index (χ2n) is 5.06. The summed E-state index contributed by atoms with van der Waals surface area (Å²) < 4.78 is 5.42. The van der Waals surface area contributed by atoms with Crippen LogP contribution in [-0.2, 0) is 6.42 Å². The van der Waals surface area contributed by atoms with Crippen molar-refractivity contribution in [3.63, 3.8) is 0 Å². The molecule has 2 unspecified atom stereocenters. The van der Waals surface area contributed by atoms with Gasteiger partial charge in [0.05, 0.1) is 7.11 Å². The summed E-state index contributed by atoms with van der Waals surface area (Å²) in [4.78, 5) is 1.42. The van der Waals surface area contributed by atoms with Gasteiger partial charge in [0.1, 0.15) is 5.75 Å². The van der Waals surface area contributed by atoms with E-state index in [2.05, 4.69) is 48.8 Å². The fraction of sp³-hybridized carbons (Fsp3) is 0.412. The van der Waals surface area contributed by atoms with Gasteiger partial charge in [0.2, 0.25) is 0 Å². The number of benzene rings is 1. The molecular weight excluding hydrogens is 266 g/mol. The molecule has 2 nitrogen and oxygen atoms in total. The van der Waals surface area contributed by atoms with Gasteiger partial charge in [-0.3, -0.25) is 0 Å². The minimum atomic E-state index is 0.415. The number of methoxy groups -OCH3 is 1. The average molecular weight is 289 g/mol. The first kappa shape index (κ1) is 15.1. The van der Waals surface area contributed by atoms with Gasteiger partial charge in [0, 0.05) is 17.0 Å². The van der Waals surface area contributed by atoms with E-state index < -0.39 is 0 Å². The van der Waals surface area contributed by atoms with Gasteiger partial charge < -0.3 is 10.1 Å². The number of hydrogen-bond donors (Lipinski definition) is 1. The van der Waals surface area contributed by atoms with E-state index >= 15 is 0 Å². The van der Waals surface area contributed by atoms with E-state index in [-0.39, 0.29) is 0 Å². The maximum absolute atomic E-state index is 5.42. The summed E-state index contributed by atoms with van der Waals surface area (Å²) in [6.07, 6.45) is 2.09. The van der Waals surface area contributed by atoms with Crippen molar-refractivity contribution in [1.82, 2.24) is 5.32 Å². The Labute approximate surface area is 125 Å². The molecule has 0 bridgehead atoms. The van der Waals surface area contributed by atoms with Crippen molar-refractivity contribution in [2.24, 2.45) is 0 Å². The smallest absolute Gasteiger partial charge is 0.122 e. The molecule has 1 heterocycles. The molecule has 0 fully saturated rings. The van der Waals surface area contributed by atoms with Crippen molar-refractivity contribution in [3.8, 4) is 5.75 Å². The Bertz CT molecular complexity index is 509. The minimum absolute atomic E-state index is 0.415. The Balaban J connectivity index is 1.99. The van der Waals surface area contributed by atoms with E-state index in [0.717, 1.165) is 18.6 Å². The lowest BCUT2D eigenvalue weighted by atomic mass is 10.0. The average Bonchev–Trinajstić information content (AvgIpc) is 2.99. The quantitative estimate of drug-likeness (QED) is 0.814. The molecular formula is C17H23NOS. The van der Waals surface area contributed by atoms with E-state index in [1.807, 2.05) is 23.5 Å². The fourth-order valence-electron chi connectivity index (χ4n) is 2.49. The fourth-order valence-corrected chi connectivity index (χ4v) is 3.36. The van der Waals surface area contributed by atoms with Crippen molar-refractivity contribution >= 4 is 11.3 Å². The summed E-state index contributed by atoms with van der Waals surface area (Å²) >= 11 is 1.82. The van der Waals surface area contributed by atoms with Gasteiger partial charge in [-0.15, -0.1) is 11.3 Å². The lowest BCUT2D eigenvalue weighted by molar-refractivity contribution is 0.400. The highest BCUT2D eigenvalue weighted by Gasteiger charge is 2.14. The third-order valence-corrected chi connectivity index (χ3v) is 4.49. The number of nitrogens with one attached hydrogen (secondary N) is 1.